The van der Waals surface area contributed by atoms with E-state index in [1.54, 1.807) is 6.92 Å². The van der Waals surface area contributed by atoms with Crippen LogP contribution in [0.5, 0.6) is 0 Å². The zero-order valence-corrected chi connectivity index (χ0v) is 9.17. The van der Waals surface area contributed by atoms with Crippen LogP contribution in [0.25, 0.3) is 0 Å². The Morgan fingerprint density at radius 1 is 1.53 bits per heavy atom. The largest absolute Gasteiger partial charge is 0.465 e. The van der Waals surface area contributed by atoms with E-state index >= 15 is 0 Å². The lowest BCUT2D eigenvalue weighted by atomic mass is 9.97. The fourth-order valence-corrected chi connectivity index (χ4v) is 1.38. The molecule has 92 valence electrons. The Morgan fingerprint density at radius 2 is 2.18 bits per heavy atom. The zero-order chi connectivity index (χ0) is 13.0. The molecule has 4 nitrogen and oxygen atoms in total. The van der Waals surface area contributed by atoms with Crippen LogP contribution in [0.3, 0.4) is 0 Å². The number of rotatable bonds is 4. The van der Waals surface area contributed by atoms with Gasteiger partial charge in [-0.25, -0.2) is 8.78 Å². The average Bonchev–Trinajstić information content (AvgIpc) is 2.21. The molecule has 0 spiro atoms. The maximum atomic E-state index is 13.5. The Hall–Kier alpha value is -1.98. The third kappa shape index (κ3) is 2.99. The highest BCUT2D eigenvalue weighted by Crippen LogP contribution is 2.21. The number of hydrogen-bond acceptors (Lipinski definition) is 3. The third-order valence-corrected chi connectivity index (χ3v) is 2.11. The van der Waals surface area contributed by atoms with Crippen molar-refractivity contribution in [3.05, 3.63) is 35.4 Å². The third-order valence-electron chi connectivity index (χ3n) is 2.11. The van der Waals surface area contributed by atoms with Crippen molar-refractivity contribution in [1.82, 2.24) is 0 Å². The SMILES string of the molecule is CCOC(=O)C(C(=N)N)c1ccc(F)cc1F. The molecule has 1 atom stereocenters. The number of amidine groups is 1. The van der Waals surface area contributed by atoms with Gasteiger partial charge in [0, 0.05) is 11.6 Å². The van der Waals surface area contributed by atoms with Crippen molar-refractivity contribution in [2.75, 3.05) is 6.61 Å². The molecular weight excluding hydrogens is 230 g/mol. The van der Waals surface area contributed by atoms with E-state index in [2.05, 4.69) is 4.74 Å². The summed E-state index contributed by atoms with van der Waals surface area (Å²) in [4.78, 5) is 11.5. The molecule has 1 aromatic carbocycles. The fraction of sp³-hybridized carbons (Fsp3) is 0.273. The first kappa shape index (κ1) is 13.1. The number of nitrogens with two attached hydrogens (primary N) is 1. The van der Waals surface area contributed by atoms with Gasteiger partial charge in [0.25, 0.3) is 0 Å². The zero-order valence-electron chi connectivity index (χ0n) is 9.17. The number of carbonyl (C=O) groups is 1. The Bertz CT molecular complexity index is 449. The normalized spacial score (nSPS) is 11.9. The Labute approximate surface area is 96.9 Å². The van der Waals surface area contributed by atoms with E-state index in [0.29, 0.717) is 6.07 Å². The molecule has 0 aromatic heterocycles. The van der Waals surface area contributed by atoms with Crippen LogP contribution in [0.15, 0.2) is 18.2 Å². The second kappa shape index (κ2) is 5.38. The minimum absolute atomic E-state index is 0.0887. The number of benzene rings is 1. The summed E-state index contributed by atoms with van der Waals surface area (Å²) >= 11 is 0. The summed E-state index contributed by atoms with van der Waals surface area (Å²) in [5, 5.41) is 7.26. The summed E-state index contributed by atoms with van der Waals surface area (Å²) in [7, 11) is 0. The molecule has 0 bridgehead atoms. The molecule has 17 heavy (non-hydrogen) atoms. The summed E-state index contributed by atoms with van der Waals surface area (Å²) in [6, 6.07) is 2.70. The van der Waals surface area contributed by atoms with Crippen molar-refractivity contribution < 1.29 is 18.3 Å². The molecule has 0 heterocycles. The first-order valence-electron chi connectivity index (χ1n) is 4.92. The number of esters is 1. The molecule has 1 aromatic rings. The van der Waals surface area contributed by atoms with Crippen LogP contribution in [-0.2, 0) is 9.53 Å². The van der Waals surface area contributed by atoms with Crippen LogP contribution in [0.4, 0.5) is 8.78 Å². The predicted octanol–water partition coefficient (Wildman–Crippen LogP) is 1.55. The van der Waals surface area contributed by atoms with Crippen LogP contribution in [0.1, 0.15) is 18.4 Å². The van der Waals surface area contributed by atoms with E-state index in [-0.39, 0.29) is 12.2 Å². The van der Waals surface area contributed by atoms with Gasteiger partial charge in [0.05, 0.1) is 6.61 Å². The van der Waals surface area contributed by atoms with E-state index in [4.69, 9.17) is 11.1 Å². The van der Waals surface area contributed by atoms with E-state index in [0.717, 1.165) is 12.1 Å². The Kier molecular flexibility index (Phi) is 4.14. The lowest BCUT2D eigenvalue weighted by molar-refractivity contribution is -0.143. The van der Waals surface area contributed by atoms with E-state index in [9.17, 15) is 13.6 Å². The highest BCUT2D eigenvalue weighted by Gasteiger charge is 2.28. The van der Waals surface area contributed by atoms with Gasteiger partial charge >= 0.3 is 5.97 Å². The maximum Gasteiger partial charge on any atom is 0.321 e. The molecule has 0 saturated heterocycles. The van der Waals surface area contributed by atoms with Gasteiger partial charge in [0.1, 0.15) is 23.4 Å². The van der Waals surface area contributed by atoms with Gasteiger partial charge in [-0.1, -0.05) is 6.07 Å². The van der Waals surface area contributed by atoms with Crippen LogP contribution < -0.4 is 5.73 Å². The average molecular weight is 242 g/mol. The van der Waals surface area contributed by atoms with Crippen molar-refractivity contribution in [3.8, 4) is 0 Å². The molecule has 0 aliphatic rings. The minimum atomic E-state index is -1.34. The van der Waals surface area contributed by atoms with Gasteiger partial charge in [-0.3, -0.25) is 10.2 Å². The molecular formula is C11H12F2N2O2. The quantitative estimate of drug-likeness (QED) is 0.477. The fourth-order valence-electron chi connectivity index (χ4n) is 1.38. The molecule has 1 unspecified atom stereocenters. The van der Waals surface area contributed by atoms with Gasteiger partial charge < -0.3 is 10.5 Å². The number of hydrogen-bond donors (Lipinski definition) is 2. The lowest BCUT2D eigenvalue weighted by Gasteiger charge is -2.15. The van der Waals surface area contributed by atoms with Crippen LogP contribution in [0.2, 0.25) is 0 Å². The van der Waals surface area contributed by atoms with E-state index in [1.807, 2.05) is 0 Å². The summed E-state index contributed by atoms with van der Waals surface area (Å²) in [6.07, 6.45) is 0. The van der Waals surface area contributed by atoms with Gasteiger partial charge in [0.15, 0.2) is 0 Å². The van der Waals surface area contributed by atoms with Gasteiger partial charge in [-0.05, 0) is 13.0 Å². The summed E-state index contributed by atoms with van der Waals surface area (Å²) in [6.45, 7) is 1.67. The van der Waals surface area contributed by atoms with Gasteiger partial charge in [-0.15, -0.1) is 0 Å². The first-order chi connectivity index (χ1) is 7.97. The summed E-state index contributed by atoms with van der Waals surface area (Å²) in [5.41, 5.74) is 5.06. The molecule has 1 rings (SSSR count). The molecule has 0 fully saturated rings. The molecule has 3 N–H and O–H groups in total. The number of halogens is 2. The van der Waals surface area contributed by atoms with Crippen molar-refractivity contribution in [3.63, 3.8) is 0 Å². The molecule has 0 aliphatic carbocycles. The highest BCUT2D eigenvalue weighted by atomic mass is 19.1. The van der Waals surface area contributed by atoms with Crippen molar-refractivity contribution in [1.29, 1.82) is 5.41 Å². The van der Waals surface area contributed by atoms with E-state index in [1.165, 1.54) is 0 Å². The van der Waals surface area contributed by atoms with Crippen molar-refractivity contribution in [2.24, 2.45) is 5.73 Å². The number of ether oxygens (including phenoxy) is 1. The molecule has 0 saturated carbocycles. The lowest BCUT2D eigenvalue weighted by Crippen LogP contribution is -2.30. The summed E-state index contributed by atoms with van der Waals surface area (Å²) < 4.78 is 30.9. The van der Waals surface area contributed by atoms with Crippen LogP contribution in [0, 0.1) is 17.0 Å². The topological polar surface area (TPSA) is 76.2 Å². The maximum absolute atomic E-state index is 13.5. The minimum Gasteiger partial charge on any atom is -0.465 e. The van der Waals surface area contributed by atoms with Crippen molar-refractivity contribution in [2.45, 2.75) is 12.8 Å². The highest BCUT2D eigenvalue weighted by molar-refractivity contribution is 6.04. The molecule has 0 radical (unpaired) electrons. The number of nitrogens with one attached hydrogen (secondary N) is 1. The van der Waals surface area contributed by atoms with Gasteiger partial charge in [-0.2, -0.15) is 0 Å². The second-order valence-electron chi connectivity index (χ2n) is 3.31. The monoisotopic (exact) mass is 242 g/mol. The van der Waals surface area contributed by atoms with Crippen LogP contribution >= 0.6 is 0 Å². The van der Waals surface area contributed by atoms with Crippen molar-refractivity contribution >= 4 is 11.8 Å². The smallest absolute Gasteiger partial charge is 0.321 e. The second-order valence-corrected chi connectivity index (χ2v) is 3.31. The van der Waals surface area contributed by atoms with Gasteiger partial charge in [0.2, 0.25) is 0 Å². The Balaban J connectivity index is 3.14. The molecule has 0 aliphatic heterocycles. The molecule has 6 heteroatoms. The molecule has 0 amide bonds. The van der Waals surface area contributed by atoms with E-state index < -0.39 is 29.4 Å². The predicted molar refractivity (Wildman–Crippen MR) is 57.6 cm³/mol. The van der Waals surface area contributed by atoms with Crippen LogP contribution in [-0.4, -0.2) is 18.4 Å². The standard InChI is InChI=1S/C11H12F2N2O2/c1-2-17-11(16)9(10(14)15)7-4-3-6(12)5-8(7)13/h3-5,9H,2H2,1H3,(H3,14,15). The first-order valence-corrected chi connectivity index (χ1v) is 4.92. The number of carbonyl (C=O) groups excluding carboxylic acids is 1. The summed E-state index contributed by atoms with van der Waals surface area (Å²) in [5.74, 6) is -4.41. The Morgan fingerprint density at radius 3 is 2.65 bits per heavy atom.